The third-order valence-corrected chi connectivity index (χ3v) is 3.33. The van der Waals surface area contributed by atoms with Gasteiger partial charge in [-0.3, -0.25) is 9.69 Å². The highest BCUT2D eigenvalue weighted by Gasteiger charge is 2.33. The number of aliphatic hydroxyl groups is 1. The second-order valence-corrected chi connectivity index (χ2v) is 5.32. The van der Waals surface area contributed by atoms with Crippen LogP contribution >= 0.6 is 0 Å². The summed E-state index contributed by atoms with van der Waals surface area (Å²) in [6.07, 6.45) is -6.82. The van der Waals surface area contributed by atoms with E-state index in [1.54, 1.807) is 0 Å². The first-order valence-corrected chi connectivity index (χ1v) is 6.57. The van der Waals surface area contributed by atoms with Crippen LogP contribution in [0.3, 0.4) is 0 Å². The van der Waals surface area contributed by atoms with Crippen LogP contribution in [0.2, 0.25) is 0 Å². The molecular formula is C12H22F3N3O2. The molecule has 0 spiro atoms. The fourth-order valence-electron chi connectivity index (χ4n) is 2.11. The fraction of sp³-hybridized carbons (Fsp3) is 0.917. The maximum absolute atomic E-state index is 12.1. The van der Waals surface area contributed by atoms with E-state index in [1.807, 2.05) is 11.9 Å². The summed E-state index contributed by atoms with van der Waals surface area (Å²) in [5, 5.41) is 9.85. The first-order chi connectivity index (χ1) is 9.17. The molecule has 0 aliphatic carbocycles. The largest absolute Gasteiger partial charge is 0.397 e. The molecule has 1 unspecified atom stereocenters. The lowest BCUT2D eigenvalue weighted by atomic mass is 10.2. The molecule has 0 radical (unpaired) electrons. The van der Waals surface area contributed by atoms with E-state index in [1.165, 1.54) is 7.05 Å². The molecule has 0 bridgehead atoms. The highest BCUT2D eigenvalue weighted by Crippen LogP contribution is 2.20. The Bertz CT molecular complexity index is 318. The summed E-state index contributed by atoms with van der Waals surface area (Å²) in [4.78, 5) is 16.5. The van der Waals surface area contributed by atoms with Gasteiger partial charge in [-0.25, -0.2) is 0 Å². The number of piperazine rings is 1. The van der Waals surface area contributed by atoms with Gasteiger partial charge in [-0.15, -0.1) is 0 Å². The molecule has 0 aromatic heterocycles. The normalized spacial score (nSPS) is 19.9. The number of nitrogens with zero attached hydrogens (tertiary/aromatic N) is 3. The minimum absolute atomic E-state index is 0.0821. The van der Waals surface area contributed by atoms with Gasteiger partial charge >= 0.3 is 6.18 Å². The Hall–Kier alpha value is -0.860. The van der Waals surface area contributed by atoms with Crippen LogP contribution in [-0.2, 0) is 4.79 Å². The smallest absolute Gasteiger partial charge is 0.390 e. The molecule has 1 amide bonds. The van der Waals surface area contributed by atoms with Crippen molar-refractivity contribution in [2.45, 2.75) is 18.7 Å². The fourth-order valence-corrected chi connectivity index (χ4v) is 2.11. The summed E-state index contributed by atoms with van der Waals surface area (Å²) in [7, 11) is 3.29. The molecule has 1 aliphatic rings. The summed E-state index contributed by atoms with van der Waals surface area (Å²) < 4.78 is 36.3. The van der Waals surface area contributed by atoms with Gasteiger partial charge in [0.2, 0.25) is 5.91 Å². The first-order valence-electron chi connectivity index (χ1n) is 6.57. The number of hydrogen-bond donors (Lipinski definition) is 1. The Morgan fingerprint density at radius 1 is 1.30 bits per heavy atom. The molecule has 1 atom stereocenters. The Morgan fingerprint density at radius 3 is 2.35 bits per heavy atom. The predicted molar refractivity (Wildman–Crippen MR) is 68.3 cm³/mol. The number of likely N-dealkylation sites (N-methyl/N-ethyl adjacent to an activating group) is 2. The lowest BCUT2D eigenvalue weighted by Crippen LogP contribution is -2.49. The summed E-state index contributed by atoms with van der Waals surface area (Å²) >= 11 is 0. The van der Waals surface area contributed by atoms with Crippen LogP contribution in [0.15, 0.2) is 0 Å². The molecular weight excluding hydrogens is 275 g/mol. The second kappa shape index (κ2) is 7.24. The average Bonchev–Trinajstić information content (AvgIpc) is 2.29. The van der Waals surface area contributed by atoms with Crippen molar-refractivity contribution in [3.8, 4) is 0 Å². The molecule has 20 heavy (non-hydrogen) atoms. The quantitative estimate of drug-likeness (QED) is 0.776. The Morgan fingerprint density at radius 2 is 1.85 bits per heavy atom. The molecule has 0 saturated carbocycles. The Labute approximate surface area is 116 Å². The predicted octanol–water partition coefficient (Wildman–Crippen LogP) is 0.00550. The molecule has 1 saturated heterocycles. The molecule has 1 rings (SSSR count). The molecule has 0 aromatic rings. The second-order valence-electron chi connectivity index (χ2n) is 5.32. The van der Waals surface area contributed by atoms with Gasteiger partial charge in [-0.1, -0.05) is 0 Å². The number of alkyl halides is 3. The van der Waals surface area contributed by atoms with Crippen molar-refractivity contribution in [3.63, 3.8) is 0 Å². The maximum atomic E-state index is 12.1. The standard InChI is InChI=1S/C12H22F3N3O2/c1-16-3-5-18(6-4-16)9-10(19)8-17(2)11(20)7-12(13,14)15/h10,19H,3-9H2,1-2H3. The van der Waals surface area contributed by atoms with Crippen molar-refractivity contribution in [1.82, 2.24) is 14.7 Å². The number of β-amino-alcohol motifs (C(OH)–C–C–N with tert-alkyl or cyclic N) is 1. The topological polar surface area (TPSA) is 47.0 Å². The number of amides is 1. The number of aliphatic hydroxyl groups excluding tert-OH is 1. The molecule has 118 valence electrons. The van der Waals surface area contributed by atoms with Crippen LogP contribution in [0.5, 0.6) is 0 Å². The number of rotatable bonds is 5. The van der Waals surface area contributed by atoms with E-state index < -0.39 is 24.6 Å². The zero-order chi connectivity index (χ0) is 15.3. The third-order valence-electron chi connectivity index (χ3n) is 3.33. The van der Waals surface area contributed by atoms with Crippen molar-refractivity contribution < 1.29 is 23.1 Å². The maximum Gasteiger partial charge on any atom is 0.397 e. The number of hydrogen-bond acceptors (Lipinski definition) is 4. The lowest BCUT2D eigenvalue weighted by molar-refractivity contribution is -0.161. The highest BCUT2D eigenvalue weighted by atomic mass is 19.4. The van der Waals surface area contributed by atoms with Gasteiger partial charge in [-0.2, -0.15) is 13.2 Å². The minimum atomic E-state index is -4.51. The molecule has 5 nitrogen and oxygen atoms in total. The van der Waals surface area contributed by atoms with E-state index in [-0.39, 0.29) is 6.54 Å². The molecule has 1 aliphatic heterocycles. The van der Waals surface area contributed by atoms with Crippen LogP contribution in [-0.4, -0.2) is 91.4 Å². The molecule has 8 heteroatoms. The number of carbonyl (C=O) groups is 1. The SMILES string of the molecule is CN1CCN(CC(O)CN(C)C(=O)CC(F)(F)F)CC1. The van der Waals surface area contributed by atoms with Crippen molar-refractivity contribution >= 4 is 5.91 Å². The monoisotopic (exact) mass is 297 g/mol. The van der Waals surface area contributed by atoms with Crippen LogP contribution in [0.4, 0.5) is 13.2 Å². The van der Waals surface area contributed by atoms with Gasteiger partial charge in [0.15, 0.2) is 0 Å². The first kappa shape index (κ1) is 17.2. The van der Waals surface area contributed by atoms with Crippen LogP contribution in [0.1, 0.15) is 6.42 Å². The highest BCUT2D eigenvalue weighted by molar-refractivity contribution is 5.76. The van der Waals surface area contributed by atoms with Gasteiger partial charge in [0, 0.05) is 46.3 Å². The van der Waals surface area contributed by atoms with Crippen LogP contribution < -0.4 is 0 Å². The van der Waals surface area contributed by atoms with Crippen molar-refractivity contribution in [1.29, 1.82) is 0 Å². The molecule has 1 N–H and O–H groups in total. The van der Waals surface area contributed by atoms with E-state index in [4.69, 9.17) is 0 Å². The van der Waals surface area contributed by atoms with Crippen molar-refractivity contribution in [2.24, 2.45) is 0 Å². The summed E-state index contributed by atoms with van der Waals surface area (Å²) in [6.45, 7) is 3.71. The third kappa shape index (κ3) is 6.53. The van der Waals surface area contributed by atoms with Crippen LogP contribution in [0.25, 0.3) is 0 Å². The Kier molecular flexibility index (Phi) is 6.22. The van der Waals surface area contributed by atoms with E-state index in [9.17, 15) is 23.1 Å². The molecule has 0 aromatic carbocycles. The summed E-state index contributed by atoms with van der Waals surface area (Å²) in [6, 6.07) is 0. The van der Waals surface area contributed by atoms with Crippen molar-refractivity contribution in [3.05, 3.63) is 0 Å². The Balaban J connectivity index is 2.30. The van der Waals surface area contributed by atoms with Gasteiger partial charge in [-0.05, 0) is 7.05 Å². The minimum Gasteiger partial charge on any atom is -0.390 e. The van der Waals surface area contributed by atoms with E-state index >= 15 is 0 Å². The summed E-state index contributed by atoms with van der Waals surface area (Å²) in [5.41, 5.74) is 0. The lowest BCUT2D eigenvalue weighted by Gasteiger charge is -2.34. The van der Waals surface area contributed by atoms with E-state index in [0.29, 0.717) is 6.54 Å². The number of halogens is 3. The number of carbonyl (C=O) groups excluding carboxylic acids is 1. The van der Waals surface area contributed by atoms with Crippen LogP contribution in [0, 0.1) is 0 Å². The molecule has 1 fully saturated rings. The van der Waals surface area contributed by atoms with Gasteiger partial charge in [0.05, 0.1) is 6.10 Å². The van der Waals surface area contributed by atoms with Gasteiger partial charge < -0.3 is 14.9 Å². The summed E-state index contributed by atoms with van der Waals surface area (Å²) in [5.74, 6) is -1.02. The van der Waals surface area contributed by atoms with Gasteiger partial charge in [0.1, 0.15) is 6.42 Å². The average molecular weight is 297 g/mol. The van der Waals surface area contributed by atoms with Crippen molar-refractivity contribution in [2.75, 3.05) is 53.4 Å². The zero-order valence-electron chi connectivity index (χ0n) is 11.9. The van der Waals surface area contributed by atoms with E-state index in [2.05, 4.69) is 4.90 Å². The molecule has 1 heterocycles. The zero-order valence-corrected chi connectivity index (χ0v) is 11.9. The van der Waals surface area contributed by atoms with Gasteiger partial charge in [0.25, 0.3) is 0 Å². The van der Waals surface area contributed by atoms with E-state index in [0.717, 1.165) is 31.1 Å².